The van der Waals surface area contributed by atoms with Crippen LogP contribution in [0.4, 0.5) is 0 Å². The minimum Gasteiger partial charge on any atom is -0.345 e. The average molecular weight is 186 g/mol. The summed E-state index contributed by atoms with van der Waals surface area (Å²) in [5.41, 5.74) is 0. The van der Waals surface area contributed by atoms with E-state index in [0.717, 1.165) is 6.29 Å². The lowest BCUT2D eigenvalue weighted by Crippen LogP contribution is -2.41. The summed E-state index contributed by atoms with van der Waals surface area (Å²) in [5, 5.41) is 5.35. The van der Waals surface area contributed by atoms with Crippen molar-refractivity contribution >= 4 is 12.2 Å². The number of rotatable bonds is 6. The van der Waals surface area contributed by atoms with Crippen LogP contribution in [0.25, 0.3) is 0 Å². The molecule has 13 heavy (non-hydrogen) atoms. The summed E-state index contributed by atoms with van der Waals surface area (Å²) in [7, 11) is 1.69. The summed E-state index contributed by atoms with van der Waals surface area (Å²) in [5.74, 6) is 0.269. The smallest absolute Gasteiger partial charge is 0.234 e. The molecule has 0 fully saturated rings. The number of amides is 1. The van der Waals surface area contributed by atoms with Crippen LogP contribution in [-0.2, 0) is 9.59 Å². The van der Waals surface area contributed by atoms with Gasteiger partial charge in [0, 0.05) is 0 Å². The predicted octanol–water partition coefficient (Wildman–Crippen LogP) is -0.0644. The SMILES string of the molecule is CNCC(=O)N[C@@H](C=O)CC(C)C. The van der Waals surface area contributed by atoms with E-state index in [0.29, 0.717) is 12.3 Å². The maximum atomic E-state index is 11.1. The normalized spacial score (nSPS) is 12.6. The van der Waals surface area contributed by atoms with Crippen LogP contribution in [0, 0.1) is 5.92 Å². The zero-order valence-electron chi connectivity index (χ0n) is 8.46. The molecule has 4 heteroatoms. The molecule has 0 aliphatic heterocycles. The largest absolute Gasteiger partial charge is 0.345 e. The van der Waals surface area contributed by atoms with Crippen molar-refractivity contribution < 1.29 is 9.59 Å². The van der Waals surface area contributed by atoms with Gasteiger partial charge >= 0.3 is 0 Å². The first-order valence-corrected chi connectivity index (χ1v) is 4.49. The molecule has 0 radical (unpaired) electrons. The van der Waals surface area contributed by atoms with Gasteiger partial charge in [-0.2, -0.15) is 0 Å². The van der Waals surface area contributed by atoms with Gasteiger partial charge in [-0.15, -0.1) is 0 Å². The van der Waals surface area contributed by atoms with E-state index < -0.39 is 0 Å². The molecule has 2 N–H and O–H groups in total. The van der Waals surface area contributed by atoms with Crippen LogP contribution >= 0.6 is 0 Å². The predicted molar refractivity (Wildman–Crippen MR) is 51.4 cm³/mol. The highest BCUT2D eigenvalue weighted by Crippen LogP contribution is 2.02. The standard InChI is InChI=1S/C9H18N2O2/c1-7(2)4-8(6-12)11-9(13)5-10-3/h6-8,10H,4-5H2,1-3H3,(H,11,13)/t8-/m1/s1. The highest BCUT2D eigenvalue weighted by atomic mass is 16.2. The summed E-state index contributed by atoms with van der Waals surface area (Å²) in [4.78, 5) is 21.6. The number of likely N-dealkylation sites (N-methyl/N-ethyl adjacent to an activating group) is 1. The molecule has 0 spiro atoms. The van der Waals surface area contributed by atoms with E-state index in [-0.39, 0.29) is 18.5 Å². The molecule has 0 aromatic rings. The molecule has 0 saturated carbocycles. The zero-order valence-corrected chi connectivity index (χ0v) is 8.46. The lowest BCUT2D eigenvalue weighted by molar-refractivity contribution is -0.123. The Morgan fingerprint density at radius 2 is 2.08 bits per heavy atom. The monoisotopic (exact) mass is 186 g/mol. The van der Waals surface area contributed by atoms with E-state index in [4.69, 9.17) is 0 Å². The fraction of sp³-hybridized carbons (Fsp3) is 0.778. The second-order valence-electron chi connectivity index (χ2n) is 3.47. The van der Waals surface area contributed by atoms with Gasteiger partial charge in [-0.1, -0.05) is 13.8 Å². The lowest BCUT2D eigenvalue weighted by Gasteiger charge is -2.14. The van der Waals surface area contributed by atoms with Crippen LogP contribution in [-0.4, -0.2) is 31.8 Å². The molecule has 0 aliphatic carbocycles. The fourth-order valence-electron chi connectivity index (χ4n) is 1.07. The number of hydrogen-bond acceptors (Lipinski definition) is 3. The van der Waals surface area contributed by atoms with E-state index in [2.05, 4.69) is 10.6 Å². The molecule has 0 aliphatic rings. The summed E-state index contributed by atoms with van der Waals surface area (Å²) in [6.45, 7) is 4.28. The van der Waals surface area contributed by atoms with E-state index in [1.807, 2.05) is 13.8 Å². The number of carbonyl (C=O) groups excluding carboxylic acids is 2. The third kappa shape index (κ3) is 6.28. The Balaban J connectivity index is 3.83. The molecule has 0 bridgehead atoms. The fourth-order valence-corrected chi connectivity index (χ4v) is 1.07. The quantitative estimate of drug-likeness (QED) is 0.571. The van der Waals surface area contributed by atoms with Crippen LogP contribution in [0.5, 0.6) is 0 Å². The maximum Gasteiger partial charge on any atom is 0.234 e. The molecule has 1 amide bonds. The van der Waals surface area contributed by atoms with Gasteiger partial charge in [0.2, 0.25) is 5.91 Å². The molecule has 0 unspecified atom stereocenters. The Bertz CT molecular complexity index is 169. The summed E-state index contributed by atoms with van der Waals surface area (Å²) < 4.78 is 0. The van der Waals surface area contributed by atoms with Gasteiger partial charge in [-0.3, -0.25) is 4.79 Å². The molecular weight excluding hydrogens is 168 g/mol. The van der Waals surface area contributed by atoms with Crippen LogP contribution < -0.4 is 10.6 Å². The van der Waals surface area contributed by atoms with Gasteiger partial charge in [0.15, 0.2) is 0 Å². The van der Waals surface area contributed by atoms with Crippen LogP contribution in [0.15, 0.2) is 0 Å². The van der Waals surface area contributed by atoms with Crippen molar-refractivity contribution in [3.63, 3.8) is 0 Å². The number of carbonyl (C=O) groups is 2. The van der Waals surface area contributed by atoms with Gasteiger partial charge in [-0.05, 0) is 19.4 Å². The molecule has 0 heterocycles. The van der Waals surface area contributed by atoms with Gasteiger partial charge in [0.05, 0.1) is 12.6 Å². The Labute approximate surface area is 79.1 Å². The van der Waals surface area contributed by atoms with Crippen molar-refractivity contribution in [2.75, 3.05) is 13.6 Å². The maximum absolute atomic E-state index is 11.1. The van der Waals surface area contributed by atoms with Gasteiger partial charge < -0.3 is 15.4 Å². The van der Waals surface area contributed by atoms with E-state index in [1.54, 1.807) is 7.05 Å². The van der Waals surface area contributed by atoms with Crippen molar-refractivity contribution in [2.24, 2.45) is 5.92 Å². The number of nitrogens with one attached hydrogen (secondary N) is 2. The molecule has 1 atom stereocenters. The molecule has 0 aromatic heterocycles. The second-order valence-corrected chi connectivity index (χ2v) is 3.47. The van der Waals surface area contributed by atoms with Crippen molar-refractivity contribution in [2.45, 2.75) is 26.3 Å². The average Bonchev–Trinajstić information content (AvgIpc) is 2.02. The van der Waals surface area contributed by atoms with Crippen LogP contribution in [0.3, 0.4) is 0 Å². The topological polar surface area (TPSA) is 58.2 Å². The van der Waals surface area contributed by atoms with Crippen molar-refractivity contribution in [1.82, 2.24) is 10.6 Å². The number of hydrogen-bond donors (Lipinski definition) is 2. The Hall–Kier alpha value is -0.900. The molecular formula is C9H18N2O2. The first-order valence-electron chi connectivity index (χ1n) is 4.49. The summed E-state index contributed by atoms with van der Waals surface area (Å²) in [6, 6.07) is -0.346. The zero-order chi connectivity index (χ0) is 10.3. The van der Waals surface area contributed by atoms with Crippen molar-refractivity contribution in [3.8, 4) is 0 Å². The van der Waals surface area contributed by atoms with Gasteiger partial charge in [0.1, 0.15) is 6.29 Å². The third-order valence-electron chi connectivity index (χ3n) is 1.57. The van der Waals surface area contributed by atoms with Gasteiger partial charge in [0.25, 0.3) is 0 Å². The Morgan fingerprint density at radius 3 is 2.46 bits per heavy atom. The van der Waals surface area contributed by atoms with Crippen molar-refractivity contribution in [1.29, 1.82) is 0 Å². The Morgan fingerprint density at radius 1 is 1.46 bits per heavy atom. The minimum absolute atomic E-state index is 0.139. The van der Waals surface area contributed by atoms with E-state index in [9.17, 15) is 9.59 Å². The first-order chi connectivity index (χ1) is 6.10. The molecule has 76 valence electrons. The molecule has 0 saturated heterocycles. The molecule has 4 nitrogen and oxygen atoms in total. The highest BCUT2D eigenvalue weighted by Gasteiger charge is 2.11. The highest BCUT2D eigenvalue weighted by molar-refractivity contribution is 5.81. The molecule has 0 rings (SSSR count). The van der Waals surface area contributed by atoms with Crippen LogP contribution in [0.2, 0.25) is 0 Å². The van der Waals surface area contributed by atoms with E-state index in [1.165, 1.54) is 0 Å². The first kappa shape index (κ1) is 12.1. The molecule has 0 aromatic carbocycles. The second kappa shape index (κ2) is 6.60. The minimum atomic E-state index is -0.346. The Kier molecular flexibility index (Phi) is 6.14. The lowest BCUT2D eigenvalue weighted by atomic mass is 10.1. The third-order valence-corrected chi connectivity index (χ3v) is 1.57. The van der Waals surface area contributed by atoms with Crippen molar-refractivity contribution in [3.05, 3.63) is 0 Å². The van der Waals surface area contributed by atoms with Gasteiger partial charge in [-0.25, -0.2) is 0 Å². The van der Waals surface area contributed by atoms with E-state index >= 15 is 0 Å². The van der Waals surface area contributed by atoms with Crippen LogP contribution in [0.1, 0.15) is 20.3 Å². The number of aldehydes is 1. The summed E-state index contributed by atoms with van der Waals surface area (Å²) in [6.07, 6.45) is 1.48. The summed E-state index contributed by atoms with van der Waals surface area (Å²) >= 11 is 0.